The molecule has 17 heavy (non-hydrogen) atoms. The summed E-state index contributed by atoms with van der Waals surface area (Å²) in [6.07, 6.45) is 5.25. The van der Waals surface area contributed by atoms with Crippen molar-refractivity contribution in [3.8, 4) is 0 Å². The third-order valence-electron chi connectivity index (χ3n) is 3.41. The van der Waals surface area contributed by atoms with Crippen LogP contribution in [0, 0.1) is 0 Å². The first-order chi connectivity index (χ1) is 8.14. The second kappa shape index (κ2) is 3.70. The molecule has 1 saturated heterocycles. The van der Waals surface area contributed by atoms with Crippen molar-refractivity contribution in [1.29, 1.82) is 0 Å². The molecule has 0 aliphatic carbocycles. The highest BCUT2D eigenvalue weighted by Crippen LogP contribution is 2.24. The van der Waals surface area contributed by atoms with Crippen LogP contribution in [0.15, 0.2) is 24.5 Å². The molecule has 3 heterocycles. The van der Waals surface area contributed by atoms with Crippen LogP contribution in [0.4, 0.5) is 5.82 Å². The van der Waals surface area contributed by atoms with E-state index in [-0.39, 0.29) is 0 Å². The van der Waals surface area contributed by atoms with E-state index < -0.39 is 5.60 Å². The predicted molar refractivity (Wildman–Crippen MR) is 65.1 cm³/mol. The van der Waals surface area contributed by atoms with Crippen LogP contribution in [0.5, 0.6) is 0 Å². The van der Waals surface area contributed by atoms with Gasteiger partial charge in [0.1, 0.15) is 5.82 Å². The summed E-state index contributed by atoms with van der Waals surface area (Å²) in [7, 11) is 0. The number of aliphatic hydroxyl groups is 1. The third-order valence-corrected chi connectivity index (χ3v) is 3.41. The molecule has 0 unspecified atom stereocenters. The Morgan fingerprint density at radius 2 is 2.06 bits per heavy atom. The van der Waals surface area contributed by atoms with Gasteiger partial charge >= 0.3 is 0 Å². The van der Waals surface area contributed by atoms with Gasteiger partial charge in [0, 0.05) is 25.4 Å². The highest BCUT2D eigenvalue weighted by molar-refractivity contribution is 5.47. The Morgan fingerprint density at radius 3 is 2.82 bits per heavy atom. The van der Waals surface area contributed by atoms with Gasteiger partial charge in [0.2, 0.25) is 0 Å². The normalized spacial score (nSPS) is 19.8. The second-order valence-corrected chi connectivity index (χ2v) is 4.90. The number of anilines is 1. The number of nitrogens with zero attached hydrogens (tertiary/aromatic N) is 4. The van der Waals surface area contributed by atoms with Gasteiger partial charge in [0.15, 0.2) is 5.65 Å². The molecule has 1 aliphatic rings. The lowest BCUT2D eigenvalue weighted by molar-refractivity contribution is 0.0350. The van der Waals surface area contributed by atoms with Crippen LogP contribution < -0.4 is 4.90 Å². The zero-order valence-electron chi connectivity index (χ0n) is 9.87. The number of hydrogen-bond donors (Lipinski definition) is 1. The van der Waals surface area contributed by atoms with Crippen molar-refractivity contribution in [3.05, 3.63) is 24.5 Å². The summed E-state index contributed by atoms with van der Waals surface area (Å²) in [5.74, 6) is 0.966. The van der Waals surface area contributed by atoms with E-state index in [0.29, 0.717) is 0 Å². The van der Waals surface area contributed by atoms with Gasteiger partial charge in [-0.25, -0.2) is 9.50 Å². The fourth-order valence-corrected chi connectivity index (χ4v) is 2.20. The molecule has 1 fully saturated rings. The molecule has 5 heteroatoms. The molecule has 0 aromatic carbocycles. The number of rotatable bonds is 1. The molecule has 3 rings (SSSR count). The first-order valence-electron chi connectivity index (χ1n) is 5.92. The van der Waals surface area contributed by atoms with E-state index in [0.717, 1.165) is 37.4 Å². The molecule has 2 aromatic heterocycles. The van der Waals surface area contributed by atoms with Crippen LogP contribution in [-0.4, -0.2) is 38.4 Å². The van der Waals surface area contributed by atoms with Crippen molar-refractivity contribution < 1.29 is 5.11 Å². The van der Waals surface area contributed by atoms with Crippen LogP contribution in [0.25, 0.3) is 5.65 Å². The summed E-state index contributed by atoms with van der Waals surface area (Å²) < 4.78 is 1.75. The maximum absolute atomic E-state index is 9.92. The molecule has 5 nitrogen and oxygen atoms in total. The van der Waals surface area contributed by atoms with Crippen molar-refractivity contribution in [2.45, 2.75) is 25.4 Å². The highest BCUT2D eigenvalue weighted by Gasteiger charge is 2.27. The third kappa shape index (κ3) is 1.98. The number of hydrogen-bond acceptors (Lipinski definition) is 4. The Bertz CT molecular complexity index is 524. The van der Waals surface area contributed by atoms with Crippen LogP contribution in [0.3, 0.4) is 0 Å². The zero-order valence-corrected chi connectivity index (χ0v) is 9.87. The summed E-state index contributed by atoms with van der Waals surface area (Å²) in [4.78, 5) is 6.76. The number of fused-ring (bicyclic) bond motifs is 1. The summed E-state index contributed by atoms with van der Waals surface area (Å²) in [6.45, 7) is 3.60. The Morgan fingerprint density at radius 1 is 1.29 bits per heavy atom. The average molecular weight is 232 g/mol. The quantitative estimate of drug-likeness (QED) is 0.799. The zero-order chi connectivity index (χ0) is 11.9. The van der Waals surface area contributed by atoms with Gasteiger partial charge in [-0.1, -0.05) is 0 Å². The Hall–Kier alpha value is -1.62. The molecule has 90 valence electrons. The standard InChI is InChI=1S/C12H16N4O/c1-12(17)4-8-15(9-5-12)10-3-7-16-11(14-10)2-6-13-16/h2-3,6-7,17H,4-5,8-9H2,1H3. The van der Waals surface area contributed by atoms with Gasteiger partial charge in [-0.2, -0.15) is 5.10 Å². The van der Waals surface area contributed by atoms with E-state index in [1.165, 1.54) is 0 Å². The first kappa shape index (κ1) is 10.5. The van der Waals surface area contributed by atoms with E-state index in [1.54, 1.807) is 10.7 Å². The van der Waals surface area contributed by atoms with Crippen LogP contribution in [-0.2, 0) is 0 Å². The van der Waals surface area contributed by atoms with Gasteiger partial charge in [0.25, 0.3) is 0 Å². The van der Waals surface area contributed by atoms with Crippen molar-refractivity contribution in [2.75, 3.05) is 18.0 Å². The lowest BCUT2D eigenvalue weighted by Crippen LogP contribution is -2.42. The predicted octanol–water partition coefficient (Wildman–Crippen LogP) is 1.08. The van der Waals surface area contributed by atoms with Gasteiger partial charge in [-0.05, 0) is 25.8 Å². The molecule has 0 amide bonds. The van der Waals surface area contributed by atoms with Crippen molar-refractivity contribution in [1.82, 2.24) is 14.6 Å². The Balaban J connectivity index is 1.84. The highest BCUT2D eigenvalue weighted by atomic mass is 16.3. The molecule has 0 radical (unpaired) electrons. The van der Waals surface area contributed by atoms with E-state index in [2.05, 4.69) is 15.0 Å². The van der Waals surface area contributed by atoms with E-state index in [1.807, 2.05) is 25.3 Å². The summed E-state index contributed by atoms with van der Waals surface area (Å²) in [6, 6.07) is 3.86. The fourth-order valence-electron chi connectivity index (χ4n) is 2.20. The number of piperidine rings is 1. The van der Waals surface area contributed by atoms with Crippen molar-refractivity contribution in [2.24, 2.45) is 0 Å². The lowest BCUT2D eigenvalue weighted by atomic mass is 9.94. The van der Waals surface area contributed by atoms with Crippen molar-refractivity contribution >= 4 is 11.5 Å². The van der Waals surface area contributed by atoms with Crippen molar-refractivity contribution in [3.63, 3.8) is 0 Å². The van der Waals surface area contributed by atoms with Crippen LogP contribution in [0.2, 0.25) is 0 Å². The monoisotopic (exact) mass is 232 g/mol. The largest absolute Gasteiger partial charge is 0.390 e. The maximum atomic E-state index is 9.92. The minimum Gasteiger partial charge on any atom is -0.390 e. The lowest BCUT2D eigenvalue weighted by Gasteiger charge is -2.36. The molecular formula is C12H16N4O. The van der Waals surface area contributed by atoms with Gasteiger partial charge in [-0.3, -0.25) is 0 Å². The molecule has 2 aromatic rings. The summed E-state index contributed by atoms with van der Waals surface area (Å²) >= 11 is 0. The first-order valence-corrected chi connectivity index (χ1v) is 5.92. The van der Waals surface area contributed by atoms with Crippen LogP contribution in [0.1, 0.15) is 19.8 Å². The van der Waals surface area contributed by atoms with Gasteiger partial charge in [0.05, 0.1) is 11.8 Å². The minimum absolute atomic E-state index is 0.517. The SMILES string of the molecule is CC1(O)CCN(c2ccn3nccc3n2)CC1. The molecule has 0 spiro atoms. The molecule has 0 saturated carbocycles. The summed E-state index contributed by atoms with van der Waals surface area (Å²) in [5, 5.41) is 14.0. The fraction of sp³-hybridized carbons (Fsp3) is 0.500. The van der Waals surface area contributed by atoms with Crippen LogP contribution >= 0.6 is 0 Å². The maximum Gasteiger partial charge on any atom is 0.157 e. The second-order valence-electron chi connectivity index (χ2n) is 4.90. The smallest absolute Gasteiger partial charge is 0.157 e. The molecule has 0 bridgehead atoms. The minimum atomic E-state index is -0.517. The van der Waals surface area contributed by atoms with Gasteiger partial charge in [-0.15, -0.1) is 0 Å². The molecule has 0 atom stereocenters. The Kier molecular flexibility index (Phi) is 2.29. The Labute approximate surface area is 99.7 Å². The van der Waals surface area contributed by atoms with E-state index in [9.17, 15) is 5.11 Å². The van der Waals surface area contributed by atoms with Gasteiger partial charge < -0.3 is 10.0 Å². The topological polar surface area (TPSA) is 53.7 Å². The van der Waals surface area contributed by atoms with E-state index in [4.69, 9.17) is 0 Å². The summed E-state index contributed by atoms with van der Waals surface area (Å²) in [5.41, 5.74) is 0.344. The molecule has 1 N–H and O–H groups in total. The molecule has 1 aliphatic heterocycles. The molecular weight excluding hydrogens is 216 g/mol. The average Bonchev–Trinajstić information content (AvgIpc) is 2.76. The van der Waals surface area contributed by atoms with E-state index >= 15 is 0 Å². The number of aromatic nitrogens is 3.